The fourth-order valence-electron chi connectivity index (χ4n) is 4.90. The average molecular weight is 436 g/mol. The molecule has 1 amide bonds. The van der Waals surface area contributed by atoms with Crippen molar-refractivity contribution in [3.63, 3.8) is 0 Å². The van der Waals surface area contributed by atoms with E-state index in [4.69, 9.17) is 0 Å². The molecule has 1 aromatic carbocycles. The van der Waals surface area contributed by atoms with Gasteiger partial charge in [0.15, 0.2) is 0 Å². The van der Waals surface area contributed by atoms with Crippen LogP contribution < -0.4 is 10.6 Å². The highest BCUT2D eigenvalue weighted by Crippen LogP contribution is 2.22. The van der Waals surface area contributed by atoms with Crippen molar-refractivity contribution in [2.75, 3.05) is 25.0 Å². The maximum Gasteiger partial charge on any atom is 0.251 e. The molecule has 2 aliphatic rings. The number of rotatable bonds is 8. The van der Waals surface area contributed by atoms with Gasteiger partial charge < -0.3 is 15.5 Å². The summed E-state index contributed by atoms with van der Waals surface area (Å²) in [6.45, 7) is 5.26. The molecule has 1 saturated carbocycles. The first-order valence-electron chi connectivity index (χ1n) is 12.4. The van der Waals surface area contributed by atoms with Crippen LogP contribution in [0.3, 0.4) is 0 Å². The zero-order valence-corrected chi connectivity index (χ0v) is 19.4. The van der Waals surface area contributed by atoms with E-state index in [0.29, 0.717) is 30.1 Å². The molecule has 1 atom stereocenters. The lowest BCUT2D eigenvalue weighted by Crippen LogP contribution is -2.39. The van der Waals surface area contributed by atoms with Crippen molar-refractivity contribution < 1.29 is 4.79 Å². The van der Waals surface area contributed by atoms with E-state index in [9.17, 15) is 4.79 Å². The largest absolute Gasteiger partial charge is 0.352 e. The van der Waals surface area contributed by atoms with E-state index in [1.54, 1.807) is 0 Å². The van der Waals surface area contributed by atoms with Crippen LogP contribution >= 0.6 is 0 Å². The predicted octanol–water partition coefficient (Wildman–Crippen LogP) is 4.88. The zero-order chi connectivity index (χ0) is 22.2. The topological polar surface area (TPSA) is 70.2 Å². The standard InChI is InChI=1S/C26H37N5O/c1-20-9-5-6-15-31(20)16-8-14-27-25(32)22-11-7-10-21(17-22)23-18-28-26(29-19-23)30-24-12-3-2-4-13-24/h7,10-11,17-20,24H,2-6,8-9,12-16H2,1H3,(H,27,32)(H,28,29,30)/t20-/m0/s1. The smallest absolute Gasteiger partial charge is 0.251 e. The second-order valence-corrected chi connectivity index (χ2v) is 9.35. The molecular formula is C26H37N5O. The molecule has 6 heteroatoms. The Morgan fingerprint density at radius 2 is 1.81 bits per heavy atom. The summed E-state index contributed by atoms with van der Waals surface area (Å²) in [5.41, 5.74) is 2.56. The van der Waals surface area contributed by atoms with E-state index in [1.807, 2.05) is 36.7 Å². The fourth-order valence-corrected chi connectivity index (χ4v) is 4.90. The summed E-state index contributed by atoms with van der Waals surface area (Å²) in [4.78, 5) is 24.2. The van der Waals surface area contributed by atoms with Crippen LogP contribution in [0.1, 0.15) is 75.1 Å². The summed E-state index contributed by atoms with van der Waals surface area (Å²) >= 11 is 0. The van der Waals surface area contributed by atoms with Gasteiger partial charge >= 0.3 is 0 Å². The Kier molecular flexibility index (Phi) is 8.10. The summed E-state index contributed by atoms with van der Waals surface area (Å²) in [5, 5.41) is 6.53. The van der Waals surface area contributed by atoms with E-state index in [1.165, 1.54) is 57.9 Å². The number of piperidine rings is 1. The number of hydrogen-bond donors (Lipinski definition) is 2. The fraction of sp³-hybridized carbons (Fsp3) is 0.577. The van der Waals surface area contributed by atoms with E-state index in [0.717, 1.165) is 24.1 Å². The van der Waals surface area contributed by atoms with Crippen LogP contribution in [0.2, 0.25) is 0 Å². The Morgan fingerprint density at radius 3 is 2.59 bits per heavy atom. The van der Waals surface area contributed by atoms with Crippen LogP contribution in [0.5, 0.6) is 0 Å². The third-order valence-corrected chi connectivity index (χ3v) is 6.90. The van der Waals surface area contributed by atoms with Crippen LogP contribution in [0.25, 0.3) is 11.1 Å². The number of anilines is 1. The highest BCUT2D eigenvalue weighted by atomic mass is 16.1. The van der Waals surface area contributed by atoms with Crippen LogP contribution in [0.15, 0.2) is 36.7 Å². The number of carbonyl (C=O) groups excluding carboxylic acids is 1. The molecule has 2 fully saturated rings. The van der Waals surface area contributed by atoms with Crippen LogP contribution in [-0.2, 0) is 0 Å². The van der Waals surface area contributed by atoms with Crippen molar-refractivity contribution >= 4 is 11.9 Å². The van der Waals surface area contributed by atoms with E-state index in [2.05, 4.69) is 32.4 Å². The number of hydrogen-bond acceptors (Lipinski definition) is 5. The molecule has 0 radical (unpaired) electrons. The van der Waals surface area contributed by atoms with Gasteiger partial charge in [0.2, 0.25) is 5.95 Å². The first-order valence-corrected chi connectivity index (χ1v) is 12.4. The molecule has 1 aromatic heterocycles. The Bertz CT molecular complexity index is 863. The van der Waals surface area contributed by atoms with Crippen molar-refractivity contribution in [3.05, 3.63) is 42.2 Å². The number of nitrogens with one attached hydrogen (secondary N) is 2. The summed E-state index contributed by atoms with van der Waals surface area (Å²) in [6.07, 6.45) is 14.9. The molecule has 1 aliphatic heterocycles. The summed E-state index contributed by atoms with van der Waals surface area (Å²) < 4.78 is 0. The lowest BCUT2D eigenvalue weighted by atomic mass is 9.96. The number of aromatic nitrogens is 2. The molecule has 0 unspecified atom stereocenters. The van der Waals surface area contributed by atoms with Gasteiger partial charge in [-0.05, 0) is 63.3 Å². The quantitative estimate of drug-likeness (QED) is 0.578. The van der Waals surface area contributed by atoms with Crippen LogP contribution in [-0.4, -0.2) is 52.5 Å². The second kappa shape index (κ2) is 11.4. The van der Waals surface area contributed by atoms with Gasteiger partial charge in [-0.25, -0.2) is 9.97 Å². The minimum atomic E-state index is -0.0185. The number of benzene rings is 1. The van der Waals surface area contributed by atoms with Gasteiger partial charge in [-0.2, -0.15) is 0 Å². The predicted molar refractivity (Wildman–Crippen MR) is 130 cm³/mol. The Labute approximate surface area is 192 Å². The highest BCUT2D eigenvalue weighted by molar-refractivity contribution is 5.95. The minimum Gasteiger partial charge on any atom is -0.352 e. The van der Waals surface area contributed by atoms with Gasteiger partial charge in [-0.1, -0.05) is 37.8 Å². The molecule has 2 N–H and O–H groups in total. The van der Waals surface area contributed by atoms with Crippen LogP contribution in [0, 0.1) is 0 Å². The normalized spacial score (nSPS) is 20.1. The average Bonchev–Trinajstić information content (AvgIpc) is 2.84. The minimum absolute atomic E-state index is 0.0185. The van der Waals surface area contributed by atoms with Crippen LogP contribution in [0.4, 0.5) is 5.95 Å². The van der Waals surface area contributed by atoms with E-state index >= 15 is 0 Å². The first-order chi connectivity index (χ1) is 15.7. The molecule has 172 valence electrons. The molecule has 0 spiro atoms. The van der Waals surface area contributed by atoms with Gasteiger partial charge in [-0.15, -0.1) is 0 Å². The number of nitrogens with zero attached hydrogens (tertiary/aromatic N) is 3. The van der Waals surface area contributed by atoms with Crippen molar-refractivity contribution in [3.8, 4) is 11.1 Å². The Balaban J connectivity index is 1.28. The van der Waals surface area contributed by atoms with E-state index < -0.39 is 0 Å². The molecule has 2 heterocycles. The molecule has 6 nitrogen and oxygen atoms in total. The van der Waals surface area contributed by atoms with Gasteiger partial charge in [0.1, 0.15) is 0 Å². The maximum atomic E-state index is 12.7. The SMILES string of the molecule is C[C@H]1CCCCN1CCCNC(=O)c1cccc(-c2cnc(NC3CCCCC3)nc2)c1. The Hall–Kier alpha value is -2.47. The van der Waals surface area contributed by atoms with E-state index in [-0.39, 0.29) is 5.91 Å². The monoisotopic (exact) mass is 435 g/mol. The zero-order valence-electron chi connectivity index (χ0n) is 19.4. The lowest BCUT2D eigenvalue weighted by molar-refractivity contribution is 0.0949. The molecule has 2 aromatic rings. The molecule has 0 bridgehead atoms. The van der Waals surface area contributed by atoms with Gasteiger partial charge in [0.25, 0.3) is 5.91 Å². The first kappa shape index (κ1) is 22.7. The van der Waals surface area contributed by atoms with Crippen molar-refractivity contribution in [1.82, 2.24) is 20.2 Å². The molecule has 32 heavy (non-hydrogen) atoms. The maximum absolute atomic E-state index is 12.7. The highest BCUT2D eigenvalue weighted by Gasteiger charge is 2.17. The third-order valence-electron chi connectivity index (χ3n) is 6.90. The molecule has 1 aliphatic carbocycles. The van der Waals surface area contributed by atoms with Gasteiger partial charge in [-0.3, -0.25) is 4.79 Å². The number of amides is 1. The summed E-state index contributed by atoms with van der Waals surface area (Å²) in [6, 6.07) is 8.87. The van der Waals surface area contributed by atoms with Crippen molar-refractivity contribution in [1.29, 1.82) is 0 Å². The molecular weight excluding hydrogens is 398 g/mol. The van der Waals surface area contributed by atoms with Gasteiger partial charge in [0, 0.05) is 48.7 Å². The van der Waals surface area contributed by atoms with Gasteiger partial charge in [0.05, 0.1) is 0 Å². The lowest BCUT2D eigenvalue weighted by Gasteiger charge is -2.33. The number of likely N-dealkylation sites (tertiary alicyclic amines) is 1. The third kappa shape index (κ3) is 6.28. The summed E-state index contributed by atoms with van der Waals surface area (Å²) in [5.74, 6) is 0.674. The second-order valence-electron chi connectivity index (χ2n) is 9.35. The van der Waals surface area contributed by atoms with Crippen molar-refractivity contribution in [2.45, 2.75) is 76.8 Å². The summed E-state index contributed by atoms with van der Waals surface area (Å²) in [7, 11) is 0. The number of carbonyl (C=O) groups is 1. The Morgan fingerprint density at radius 1 is 1.03 bits per heavy atom. The molecule has 1 saturated heterocycles. The van der Waals surface area contributed by atoms with Crippen molar-refractivity contribution in [2.24, 2.45) is 0 Å². The molecule has 4 rings (SSSR count).